The minimum Gasteiger partial charge on any atom is -0.489 e. The maximum absolute atomic E-state index is 13.7. The van der Waals surface area contributed by atoms with Gasteiger partial charge in [-0.25, -0.2) is 0 Å². The Kier molecular flexibility index (Phi) is 18.4. The molecule has 0 saturated heterocycles. The average molecular weight is 747 g/mol. The molecule has 9 heteroatoms. The van der Waals surface area contributed by atoms with Crippen LogP contribution in [-0.2, 0) is 49.9 Å². The number of hydrogen-bond acceptors (Lipinski definition) is 7. The standard InChI is InChI=1S/C46H54N2O7/c1-3-5-22-40(27-35-16-9-6-10-17-35)46(52)55-34-42(33-53-31-37-18-11-7-12-19-37)48-45(51)39(15-4-2)29-44(50)47-41(30-49)28-36-23-25-43(26-24-36)54-32-38-20-13-8-14-21-38/h3-4,6-14,16-21,23-26,39-42,49H,1-2,5,15,22,27-34H2,(H,47,50)(H,48,51)/t39-,40+,41-,42-/m0/s1. The summed E-state index contributed by atoms with van der Waals surface area (Å²) in [4.78, 5) is 40.3. The van der Waals surface area contributed by atoms with E-state index in [1.165, 1.54) is 0 Å². The molecule has 0 fully saturated rings. The van der Waals surface area contributed by atoms with Gasteiger partial charge in [0.15, 0.2) is 0 Å². The van der Waals surface area contributed by atoms with Crippen LogP contribution in [0.1, 0.15) is 47.9 Å². The minimum atomic E-state index is -0.747. The van der Waals surface area contributed by atoms with E-state index in [0.29, 0.717) is 44.6 Å². The zero-order valence-corrected chi connectivity index (χ0v) is 31.5. The second-order valence-corrected chi connectivity index (χ2v) is 13.6. The molecular formula is C46H54N2O7. The van der Waals surface area contributed by atoms with Gasteiger partial charge in [-0.3, -0.25) is 14.4 Å². The van der Waals surface area contributed by atoms with E-state index in [0.717, 1.165) is 22.3 Å². The van der Waals surface area contributed by atoms with Crippen molar-refractivity contribution in [2.45, 2.75) is 63.8 Å². The van der Waals surface area contributed by atoms with E-state index < -0.39 is 23.9 Å². The molecule has 0 unspecified atom stereocenters. The highest BCUT2D eigenvalue weighted by Gasteiger charge is 2.27. The Hall–Kier alpha value is -5.51. The summed E-state index contributed by atoms with van der Waals surface area (Å²) < 4.78 is 17.7. The van der Waals surface area contributed by atoms with Crippen LogP contribution in [0.4, 0.5) is 0 Å². The molecule has 9 nitrogen and oxygen atoms in total. The van der Waals surface area contributed by atoms with E-state index in [4.69, 9.17) is 14.2 Å². The summed E-state index contributed by atoms with van der Waals surface area (Å²) in [5.41, 5.74) is 3.97. The predicted octanol–water partition coefficient (Wildman–Crippen LogP) is 6.94. The number of carbonyl (C=O) groups excluding carboxylic acids is 3. The Morgan fingerprint density at radius 1 is 0.655 bits per heavy atom. The Balaban J connectivity index is 1.34. The molecule has 4 aromatic carbocycles. The highest BCUT2D eigenvalue weighted by atomic mass is 16.5. The molecule has 55 heavy (non-hydrogen) atoms. The first kappa shape index (κ1) is 42.2. The number of benzene rings is 4. The van der Waals surface area contributed by atoms with Gasteiger partial charge in [0.05, 0.1) is 43.7 Å². The molecule has 0 aliphatic rings. The number of ether oxygens (including phenoxy) is 3. The fourth-order valence-corrected chi connectivity index (χ4v) is 6.07. The topological polar surface area (TPSA) is 123 Å². The fraction of sp³-hybridized carbons (Fsp3) is 0.326. The Labute approximate surface area is 325 Å². The molecule has 4 aromatic rings. The van der Waals surface area contributed by atoms with Crippen molar-refractivity contribution in [3.8, 4) is 5.75 Å². The number of aliphatic hydroxyl groups is 1. The molecule has 4 rings (SSSR count). The monoisotopic (exact) mass is 746 g/mol. The smallest absolute Gasteiger partial charge is 0.309 e. The van der Waals surface area contributed by atoms with Gasteiger partial charge in [0.25, 0.3) is 0 Å². The van der Waals surface area contributed by atoms with Crippen LogP contribution in [0.25, 0.3) is 0 Å². The van der Waals surface area contributed by atoms with Crippen LogP contribution in [0.3, 0.4) is 0 Å². The molecule has 0 aliphatic carbocycles. The molecule has 290 valence electrons. The molecular weight excluding hydrogens is 693 g/mol. The van der Waals surface area contributed by atoms with Crippen LogP contribution in [0.5, 0.6) is 5.75 Å². The first-order chi connectivity index (χ1) is 26.9. The van der Waals surface area contributed by atoms with Gasteiger partial charge < -0.3 is 30.0 Å². The van der Waals surface area contributed by atoms with Gasteiger partial charge in [0.2, 0.25) is 11.8 Å². The minimum absolute atomic E-state index is 0.0829. The number of esters is 1. The molecule has 2 amide bonds. The van der Waals surface area contributed by atoms with Crippen LogP contribution in [0.2, 0.25) is 0 Å². The zero-order valence-electron chi connectivity index (χ0n) is 31.5. The van der Waals surface area contributed by atoms with Crippen molar-refractivity contribution in [1.82, 2.24) is 10.6 Å². The van der Waals surface area contributed by atoms with Gasteiger partial charge in [-0.15, -0.1) is 13.2 Å². The summed E-state index contributed by atoms with van der Waals surface area (Å²) >= 11 is 0. The second-order valence-electron chi connectivity index (χ2n) is 13.6. The number of amides is 2. The normalized spacial score (nSPS) is 13.0. The van der Waals surface area contributed by atoms with Crippen LogP contribution >= 0.6 is 0 Å². The van der Waals surface area contributed by atoms with Crippen LogP contribution in [0, 0.1) is 11.8 Å². The Morgan fingerprint density at radius 3 is 1.85 bits per heavy atom. The lowest BCUT2D eigenvalue weighted by Gasteiger charge is -2.24. The first-order valence-electron chi connectivity index (χ1n) is 18.9. The summed E-state index contributed by atoms with van der Waals surface area (Å²) in [5.74, 6) is -1.54. The average Bonchev–Trinajstić information content (AvgIpc) is 3.21. The highest BCUT2D eigenvalue weighted by molar-refractivity contribution is 5.86. The zero-order chi connectivity index (χ0) is 39.1. The fourth-order valence-electron chi connectivity index (χ4n) is 6.07. The van der Waals surface area contributed by atoms with Gasteiger partial charge in [-0.05, 0) is 66.5 Å². The first-order valence-corrected chi connectivity index (χ1v) is 18.9. The number of hydrogen-bond donors (Lipinski definition) is 3. The summed E-state index contributed by atoms with van der Waals surface area (Å²) in [6.07, 6.45) is 5.65. The van der Waals surface area contributed by atoms with E-state index in [9.17, 15) is 19.5 Å². The number of allylic oxidation sites excluding steroid dienone is 2. The van der Waals surface area contributed by atoms with Crippen molar-refractivity contribution < 1.29 is 33.7 Å². The molecule has 0 saturated carbocycles. The number of rotatable bonds is 25. The van der Waals surface area contributed by atoms with Gasteiger partial charge in [-0.2, -0.15) is 0 Å². The van der Waals surface area contributed by atoms with Crippen LogP contribution in [0.15, 0.2) is 141 Å². The van der Waals surface area contributed by atoms with E-state index >= 15 is 0 Å². The third kappa shape index (κ3) is 15.8. The van der Waals surface area contributed by atoms with Gasteiger partial charge in [0.1, 0.15) is 19.0 Å². The third-order valence-corrected chi connectivity index (χ3v) is 9.07. The summed E-state index contributed by atoms with van der Waals surface area (Å²) in [5, 5.41) is 16.0. The highest BCUT2D eigenvalue weighted by Crippen LogP contribution is 2.19. The van der Waals surface area contributed by atoms with Crippen LogP contribution < -0.4 is 15.4 Å². The maximum Gasteiger partial charge on any atom is 0.309 e. The Morgan fingerprint density at radius 2 is 1.25 bits per heavy atom. The molecule has 0 aliphatic heterocycles. The Bertz CT molecular complexity index is 1730. The molecule has 4 atom stereocenters. The molecule has 3 N–H and O–H groups in total. The molecule has 0 aromatic heterocycles. The summed E-state index contributed by atoms with van der Waals surface area (Å²) in [7, 11) is 0. The lowest BCUT2D eigenvalue weighted by Crippen LogP contribution is -2.46. The van der Waals surface area contributed by atoms with Crippen molar-refractivity contribution in [3.63, 3.8) is 0 Å². The number of carbonyl (C=O) groups is 3. The SMILES string of the molecule is C=CCC[C@H](Cc1ccccc1)C(=O)OC[C@H](COCc1ccccc1)NC(=O)[C@@H](CC=C)CC(=O)N[C@H](CO)Cc1ccc(OCc2ccccc2)cc1. The quantitative estimate of drug-likeness (QED) is 0.0496. The van der Waals surface area contributed by atoms with E-state index in [2.05, 4.69) is 23.8 Å². The van der Waals surface area contributed by atoms with E-state index in [-0.39, 0.29) is 50.5 Å². The maximum atomic E-state index is 13.7. The van der Waals surface area contributed by atoms with Crippen molar-refractivity contribution >= 4 is 17.8 Å². The van der Waals surface area contributed by atoms with Crippen LogP contribution in [-0.4, -0.2) is 54.8 Å². The van der Waals surface area contributed by atoms with E-state index in [1.807, 2.05) is 115 Å². The number of nitrogens with one attached hydrogen (secondary N) is 2. The number of aliphatic hydroxyl groups excluding tert-OH is 1. The van der Waals surface area contributed by atoms with Gasteiger partial charge in [0, 0.05) is 6.42 Å². The molecule has 0 radical (unpaired) electrons. The van der Waals surface area contributed by atoms with Crippen molar-refractivity contribution in [3.05, 3.63) is 163 Å². The molecule has 0 heterocycles. The molecule has 0 bridgehead atoms. The second kappa shape index (κ2) is 24.0. The van der Waals surface area contributed by atoms with Gasteiger partial charge >= 0.3 is 5.97 Å². The lowest BCUT2D eigenvalue weighted by molar-refractivity contribution is -0.150. The largest absolute Gasteiger partial charge is 0.489 e. The van der Waals surface area contributed by atoms with Crippen molar-refractivity contribution in [2.24, 2.45) is 11.8 Å². The van der Waals surface area contributed by atoms with E-state index in [1.54, 1.807) is 12.2 Å². The van der Waals surface area contributed by atoms with Gasteiger partial charge in [-0.1, -0.05) is 115 Å². The lowest BCUT2D eigenvalue weighted by atomic mass is 9.95. The predicted molar refractivity (Wildman–Crippen MR) is 215 cm³/mol. The third-order valence-electron chi connectivity index (χ3n) is 9.07. The molecule has 0 spiro atoms. The van der Waals surface area contributed by atoms with Crippen molar-refractivity contribution in [2.75, 3.05) is 19.8 Å². The summed E-state index contributed by atoms with van der Waals surface area (Å²) in [6, 6.07) is 35.6. The summed E-state index contributed by atoms with van der Waals surface area (Å²) in [6.45, 7) is 8.06. The van der Waals surface area contributed by atoms with Crippen molar-refractivity contribution in [1.29, 1.82) is 0 Å².